The summed E-state index contributed by atoms with van der Waals surface area (Å²) < 4.78 is 0. The smallest absolute Gasteiger partial charge is 0.223 e. The van der Waals surface area contributed by atoms with Gasteiger partial charge in [0.2, 0.25) is 5.91 Å². The summed E-state index contributed by atoms with van der Waals surface area (Å²) in [7, 11) is 0. The minimum Gasteiger partial charge on any atom is -0.355 e. The van der Waals surface area contributed by atoms with Gasteiger partial charge in [-0.2, -0.15) is 0 Å². The largest absolute Gasteiger partial charge is 0.355 e. The lowest BCUT2D eigenvalue weighted by Crippen LogP contribution is -2.36. The highest BCUT2D eigenvalue weighted by Crippen LogP contribution is 2.30. The number of amides is 1. The van der Waals surface area contributed by atoms with E-state index in [-0.39, 0.29) is 11.8 Å². The number of nitrogens with one attached hydrogen (secondary N) is 1. The molecule has 4 nitrogen and oxygen atoms in total. The summed E-state index contributed by atoms with van der Waals surface area (Å²) in [5.74, 6) is 0.702. The monoisotopic (exact) mass is 281 g/mol. The third kappa shape index (κ3) is 3.54. The zero-order valence-corrected chi connectivity index (χ0v) is 12.6. The Morgan fingerprint density at radius 3 is 2.89 bits per heavy atom. The lowest BCUT2D eigenvalue weighted by Gasteiger charge is -2.17. The second kappa shape index (κ2) is 6.48. The Morgan fingerprint density at radius 1 is 1.47 bits per heavy atom. The minimum atomic E-state index is 0.134. The van der Waals surface area contributed by atoms with Crippen molar-refractivity contribution in [3.63, 3.8) is 0 Å². The van der Waals surface area contributed by atoms with Crippen LogP contribution >= 0.6 is 11.3 Å². The van der Waals surface area contributed by atoms with Crippen molar-refractivity contribution in [3.05, 3.63) is 15.6 Å². The number of thiazole rings is 1. The van der Waals surface area contributed by atoms with Crippen LogP contribution in [0.4, 0.5) is 0 Å². The molecule has 0 aliphatic heterocycles. The fourth-order valence-corrected chi connectivity index (χ4v) is 3.84. The molecule has 1 saturated carbocycles. The zero-order valence-electron chi connectivity index (χ0n) is 11.7. The maximum absolute atomic E-state index is 12.1. The van der Waals surface area contributed by atoms with Gasteiger partial charge < -0.3 is 11.1 Å². The molecule has 0 unspecified atom stereocenters. The van der Waals surface area contributed by atoms with E-state index in [9.17, 15) is 4.79 Å². The zero-order chi connectivity index (χ0) is 13.8. The molecule has 2 atom stereocenters. The maximum atomic E-state index is 12.1. The summed E-state index contributed by atoms with van der Waals surface area (Å²) in [5.41, 5.74) is 6.81. The Balaban J connectivity index is 1.79. The van der Waals surface area contributed by atoms with Crippen LogP contribution in [0.25, 0.3) is 0 Å². The first-order valence-electron chi connectivity index (χ1n) is 7.02. The molecule has 1 heterocycles. The van der Waals surface area contributed by atoms with E-state index in [1.807, 2.05) is 13.8 Å². The summed E-state index contributed by atoms with van der Waals surface area (Å²) in [6.45, 7) is 5.38. The van der Waals surface area contributed by atoms with Crippen molar-refractivity contribution in [2.45, 2.75) is 39.5 Å². The lowest BCUT2D eigenvalue weighted by atomic mass is 9.95. The van der Waals surface area contributed by atoms with Crippen LogP contribution in [0.15, 0.2) is 0 Å². The molecule has 1 aliphatic carbocycles. The van der Waals surface area contributed by atoms with E-state index in [1.54, 1.807) is 11.3 Å². The van der Waals surface area contributed by atoms with Gasteiger partial charge >= 0.3 is 0 Å². The number of carbonyl (C=O) groups excluding carboxylic acids is 1. The number of aryl methyl sites for hydroxylation is 2. The lowest BCUT2D eigenvalue weighted by molar-refractivity contribution is -0.125. The van der Waals surface area contributed by atoms with Crippen LogP contribution in [0, 0.1) is 25.7 Å². The van der Waals surface area contributed by atoms with Crippen molar-refractivity contribution < 1.29 is 4.79 Å². The molecule has 1 aliphatic rings. The second-order valence-corrected chi connectivity index (χ2v) is 6.60. The molecular formula is C14H23N3OS. The van der Waals surface area contributed by atoms with Crippen LogP contribution in [0.1, 0.15) is 34.8 Å². The third-order valence-electron chi connectivity index (χ3n) is 3.95. The predicted molar refractivity (Wildman–Crippen MR) is 78.2 cm³/mol. The number of nitrogens with zero attached hydrogens (tertiary/aromatic N) is 1. The van der Waals surface area contributed by atoms with Crippen molar-refractivity contribution in [1.82, 2.24) is 10.3 Å². The summed E-state index contributed by atoms with van der Waals surface area (Å²) in [6, 6.07) is 0. The standard InChI is InChI=1S/C14H23N3OS/c1-9-13(19-10(2)17-9)6-7-16-14(18)12-5-3-4-11(12)8-15/h11-12H,3-8,15H2,1-2H3,(H,16,18)/t11-,12-/m1/s1. The minimum absolute atomic E-state index is 0.134. The van der Waals surface area contributed by atoms with Crippen LogP contribution in [-0.4, -0.2) is 24.0 Å². The van der Waals surface area contributed by atoms with Gasteiger partial charge in [0.15, 0.2) is 0 Å². The molecule has 0 aromatic carbocycles. The maximum Gasteiger partial charge on any atom is 0.223 e. The molecule has 1 aromatic heterocycles. The van der Waals surface area contributed by atoms with E-state index in [4.69, 9.17) is 5.73 Å². The Morgan fingerprint density at radius 2 is 2.26 bits per heavy atom. The number of nitrogens with two attached hydrogens (primary N) is 1. The van der Waals surface area contributed by atoms with E-state index >= 15 is 0 Å². The highest BCUT2D eigenvalue weighted by Gasteiger charge is 2.31. The SMILES string of the molecule is Cc1nc(C)c(CCNC(=O)[C@@H]2CCC[C@@H]2CN)s1. The number of hydrogen-bond donors (Lipinski definition) is 2. The van der Waals surface area contributed by atoms with E-state index in [2.05, 4.69) is 10.3 Å². The van der Waals surface area contributed by atoms with Crippen LogP contribution in [0.2, 0.25) is 0 Å². The van der Waals surface area contributed by atoms with E-state index < -0.39 is 0 Å². The van der Waals surface area contributed by atoms with E-state index in [0.717, 1.165) is 36.4 Å². The summed E-state index contributed by atoms with van der Waals surface area (Å²) in [5, 5.41) is 4.15. The van der Waals surface area contributed by atoms with Gasteiger partial charge in [-0.15, -0.1) is 11.3 Å². The van der Waals surface area contributed by atoms with E-state index in [0.29, 0.717) is 19.0 Å². The highest BCUT2D eigenvalue weighted by atomic mass is 32.1. The Labute approximate surface area is 118 Å². The van der Waals surface area contributed by atoms with Gasteiger partial charge in [-0.25, -0.2) is 4.98 Å². The van der Waals surface area contributed by atoms with Gasteiger partial charge in [0.25, 0.3) is 0 Å². The Bertz CT molecular complexity index is 444. The van der Waals surface area contributed by atoms with Gasteiger partial charge in [-0.05, 0) is 39.2 Å². The number of hydrogen-bond acceptors (Lipinski definition) is 4. The van der Waals surface area contributed by atoms with Crippen molar-refractivity contribution in [2.75, 3.05) is 13.1 Å². The van der Waals surface area contributed by atoms with Crippen LogP contribution in [0.5, 0.6) is 0 Å². The molecule has 1 aromatic rings. The fourth-order valence-electron chi connectivity index (χ4n) is 2.90. The van der Waals surface area contributed by atoms with Crippen molar-refractivity contribution in [1.29, 1.82) is 0 Å². The molecule has 0 radical (unpaired) electrons. The third-order valence-corrected chi connectivity index (χ3v) is 5.08. The van der Waals surface area contributed by atoms with Crippen LogP contribution in [0.3, 0.4) is 0 Å². The second-order valence-electron chi connectivity index (χ2n) is 5.32. The number of aromatic nitrogens is 1. The quantitative estimate of drug-likeness (QED) is 0.864. The molecule has 106 valence electrons. The average molecular weight is 281 g/mol. The predicted octanol–water partition coefficient (Wildman–Crippen LogP) is 1.79. The summed E-state index contributed by atoms with van der Waals surface area (Å²) in [6.07, 6.45) is 4.10. The molecule has 3 N–H and O–H groups in total. The Hall–Kier alpha value is -0.940. The molecule has 1 fully saturated rings. The fraction of sp³-hybridized carbons (Fsp3) is 0.714. The highest BCUT2D eigenvalue weighted by molar-refractivity contribution is 7.11. The molecule has 2 rings (SSSR count). The first kappa shape index (κ1) is 14.5. The van der Waals surface area contributed by atoms with Crippen LogP contribution < -0.4 is 11.1 Å². The van der Waals surface area contributed by atoms with Crippen molar-refractivity contribution in [2.24, 2.45) is 17.6 Å². The van der Waals surface area contributed by atoms with Crippen molar-refractivity contribution >= 4 is 17.2 Å². The Kier molecular flexibility index (Phi) is 4.93. The van der Waals surface area contributed by atoms with Gasteiger partial charge in [0, 0.05) is 23.8 Å². The van der Waals surface area contributed by atoms with Crippen molar-refractivity contribution in [3.8, 4) is 0 Å². The average Bonchev–Trinajstić information content (AvgIpc) is 2.96. The summed E-state index contributed by atoms with van der Waals surface area (Å²) >= 11 is 1.72. The van der Waals surface area contributed by atoms with Gasteiger partial charge in [-0.3, -0.25) is 4.79 Å². The van der Waals surface area contributed by atoms with Gasteiger partial charge in [0.1, 0.15) is 0 Å². The molecular weight excluding hydrogens is 258 g/mol. The van der Waals surface area contributed by atoms with Gasteiger partial charge in [0.05, 0.1) is 10.7 Å². The first-order chi connectivity index (χ1) is 9.11. The molecule has 0 bridgehead atoms. The van der Waals surface area contributed by atoms with Gasteiger partial charge in [-0.1, -0.05) is 6.42 Å². The number of rotatable bonds is 5. The number of carbonyl (C=O) groups is 1. The first-order valence-corrected chi connectivity index (χ1v) is 7.84. The molecule has 0 spiro atoms. The molecule has 1 amide bonds. The molecule has 19 heavy (non-hydrogen) atoms. The molecule has 5 heteroatoms. The van der Waals surface area contributed by atoms with Crippen LogP contribution in [-0.2, 0) is 11.2 Å². The molecule has 0 saturated heterocycles. The topological polar surface area (TPSA) is 68.0 Å². The summed E-state index contributed by atoms with van der Waals surface area (Å²) in [4.78, 5) is 17.8. The van der Waals surface area contributed by atoms with E-state index in [1.165, 1.54) is 4.88 Å². The normalized spacial score (nSPS) is 22.7.